The summed E-state index contributed by atoms with van der Waals surface area (Å²) in [6, 6.07) is 8.21. The Labute approximate surface area is 152 Å². The normalized spacial score (nSPS) is 12.0. The standard InChI is InChI=1S/C19H15F3N2O3/c1-10(25)16-17(12-2-4-13(20)5-3-12)24-27-18(16)19(26)23-9-11-6-14(21)8-15(22)7-11/h2-8,10,25H,9H2,1H3,(H,23,26)/t10-/m0/s1. The first-order valence-corrected chi connectivity index (χ1v) is 8.02. The number of nitrogens with one attached hydrogen (secondary N) is 1. The smallest absolute Gasteiger partial charge is 0.290 e. The number of carbonyl (C=O) groups is 1. The van der Waals surface area contributed by atoms with Gasteiger partial charge in [0.25, 0.3) is 5.91 Å². The molecule has 0 saturated heterocycles. The molecule has 2 N–H and O–H groups in total. The van der Waals surface area contributed by atoms with Gasteiger partial charge in [-0.15, -0.1) is 0 Å². The fourth-order valence-electron chi connectivity index (χ4n) is 2.64. The van der Waals surface area contributed by atoms with Gasteiger partial charge in [0.1, 0.15) is 23.1 Å². The second-order valence-corrected chi connectivity index (χ2v) is 5.92. The Morgan fingerprint density at radius 3 is 2.33 bits per heavy atom. The van der Waals surface area contributed by atoms with Crippen LogP contribution in [0.4, 0.5) is 13.2 Å². The molecule has 0 aliphatic heterocycles. The molecule has 0 unspecified atom stereocenters. The highest BCUT2D eigenvalue weighted by atomic mass is 19.1. The molecule has 5 nitrogen and oxygen atoms in total. The van der Waals surface area contributed by atoms with Gasteiger partial charge < -0.3 is 14.9 Å². The van der Waals surface area contributed by atoms with Crippen LogP contribution >= 0.6 is 0 Å². The zero-order chi connectivity index (χ0) is 19.6. The first-order chi connectivity index (χ1) is 12.8. The zero-order valence-corrected chi connectivity index (χ0v) is 14.2. The Morgan fingerprint density at radius 1 is 1.11 bits per heavy atom. The van der Waals surface area contributed by atoms with Crippen molar-refractivity contribution >= 4 is 5.91 Å². The Hall–Kier alpha value is -3.13. The summed E-state index contributed by atoms with van der Waals surface area (Å²) in [6.07, 6.45) is -1.09. The van der Waals surface area contributed by atoms with Crippen molar-refractivity contribution in [3.05, 3.63) is 76.8 Å². The molecule has 0 aliphatic rings. The van der Waals surface area contributed by atoms with Crippen LogP contribution in [-0.4, -0.2) is 16.2 Å². The van der Waals surface area contributed by atoms with Gasteiger partial charge in [0.2, 0.25) is 5.76 Å². The lowest BCUT2D eigenvalue weighted by molar-refractivity contribution is 0.0905. The van der Waals surface area contributed by atoms with Gasteiger partial charge in [-0.3, -0.25) is 4.79 Å². The van der Waals surface area contributed by atoms with Gasteiger partial charge in [0.05, 0.1) is 11.7 Å². The van der Waals surface area contributed by atoms with Crippen molar-refractivity contribution in [3.63, 3.8) is 0 Å². The fourth-order valence-corrected chi connectivity index (χ4v) is 2.64. The van der Waals surface area contributed by atoms with Crippen molar-refractivity contribution < 1.29 is 27.6 Å². The molecule has 0 fully saturated rings. The third-order valence-electron chi connectivity index (χ3n) is 3.85. The van der Waals surface area contributed by atoms with Crippen LogP contribution in [0.5, 0.6) is 0 Å². The minimum atomic E-state index is -1.09. The molecule has 1 heterocycles. The molecule has 0 bridgehead atoms. The van der Waals surface area contributed by atoms with Gasteiger partial charge in [-0.2, -0.15) is 0 Å². The van der Waals surface area contributed by atoms with E-state index in [1.54, 1.807) is 0 Å². The number of benzene rings is 2. The van der Waals surface area contributed by atoms with Gasteiger partial charge in [0, 0.05) is 18.2 Å². The number of nitrogens with zero attached hydrogens (tertiary/aromatic N) is 1. The molecule has 0 aliphatic carbocycles. The first-order valence-electron chi connectivity index (χ1n) is 8.02. The summed E-state index contributed by atoms with van der Waals surface area (Å²) in [6.45, 7) is 1.28. The van der Waals surface area contributed by atoms with E-state index in [4.69, 9.17) is 4.52 Å². The number of hydrogen-bond donors (Lipinski definition) is 2. The largest absolute Gasteiger partial charge is 0.388 e. The van der Waals surface area contributed by atoms with Crippen LogP contribution in [0, 0.1) is 17.5 Å². The average Bonchev–Trinajstić information content (AvgIpc) is 3.05. The number of rotatable bonds is 5. The van der Waals surface area contributed by atoms with Crippen LogP contribution in [0.25, 0.3) is 11.3 Å². The number of amides is 1. The second-order valence-electron chi connectivity index (χ2n) is 5.92. The highest BCUT2D eigenvalue weighted by Gasteiger charge is 2.26. The lowest BCUT2D eigenvalue weighted by Crippen LogP contribution is -2.24. The third-order valence-corrected chi connectivity index (χ3v) is 3.85. The van der Waals surface area contributed by atoms with Gasteiger partial charge in [0.15, 0.2) is 0 Å². The number of aliphatic hydroxyl groups is 1. The first kappa shape index (κ1) is 18.7. The molecule has 2 aromatic carbocycles. The number of aromatic nitrogens is 1. The summed E-state index contributed by atoms with van der Waals surface area (Å²) in [7, 11) is 0. The molecular formula is C19H15F3N2O3. The highest BCUT2D eigenvalue weighted by molar-refractivity contribution is 5.94. The topological polar surface area (TPSA) is 75.4 Å². The molecule has 0 saturated carbocycles. The van der Waals surface area contributed by atoms with Crippen LogP contribution in [0.15, 0.2) is 47.0 Å². The van der Waals surface area contributed by atoms with E-state index in [0.717, 1.165) is 18.2 Å². The summed E-state index contributed by atoms with van der Waals surface area (Å²) < 4.78 is 44.6. The van der Waals surface area contributed by atoms with E-state index < -0.39 is 29.5 Å². The molecule has 1 atom stereocenters. The van der Waals surface area contributed by atoms with E-state index in [1.165, 1.54) is 31.2 Å². The third kappa shape index (κ3) is 4.17. The molecular weight excluding hydrogens is 361 g/mol. The second kappa shape index (κ2) is 7.63. The minimum Gasteiger partial charge on any atom is -0.388 e. The summed E-state index contributed by atoms with van der Waals surface area (Å²) >= 11 is 0. The van der Waals surface area contributed by atoms with E-state index in [-0.39, 0.29) is 29.1 Å². The molecule has 1 aromatic heterocycles. The molecule has 8 heteroatoms. The fraction of sp³-hybridized carbons (Fsp3) is 0.158. The van der Waals surface area contributed by atoms with Crippen molar-refractivity contribution in [2.75, 3.05) is 0 Å². The predicted octanol–water partition coefficient (Wildman–Crippen LogP) is 3.74. The SMILES string of the molecule is C[C@H](O)c1c(-c2ccc(F)cc2)noc1C(=O)NCc1cc(F)cc(F)c1. The lowest BCUT2D eigenvalue weighted by Gasteiger charge is -2.08. The molecule has 1 amide bonds. The Balaban J connectivity index is 1.85. The predicted molar refractivity (Wildman–Crippen MR) is 90.1 cm³/mol. The van der Waals surface area contributed by atoms with Crippen LogP contribution in [0.1, 0.15) is 34.7 Å². The van der Waals surface area contributed by atoms with E-state index in [0.29, 0.717) is 5.56 Å². The van der Waals surface area contributed by atoms with E-state index in [2.05, 4.69) is 10.5 Å². The van der Waals surface area contributed by atoms with Crippen molar-refractivity contribution in [3.8, 4) is 11.3 Å². The Bertz CT molecular complexity index is 949. The number of halogens is 3. The maximum atomic E-state index is 13.2. The molecule has 3 rings (SSSR count). The van der Waals surface area contributed by atoms with Crippen molar-refractivity contribution in [1.29, 1.82) is 0 Å². The molecule has 140 valence electrons. The average molecular weight is 376 g/mol. The summed E-state index contributed by atoms with van der Waals surface area (Å²) in [5.41, 5.74) is 1.01. The maximum absolute atomic E-state index is 13.2. The molecule has 0 spiro atoms. The van der Waals surface area contributed by atoms with E-state index in [1.807, 2.05) is 0 Å². The van der Waals surface area contributed by atoms with Crippen molar-refractivity contribution in [1.82, 2.24) is 10.5 Å². The highest BCUT2D eigenvalue weighted by Crippen LogP contribution is 2.30. The molecule has 3 aromatic rings. The minimum absolute atomic E-state index is 0.129. The molecule has 27 heavy (non-hydrogen) atoms. The quantitative estimate of drug-likeness (QED) is 0.711. The zero-order valence-electron chi connectivity index (χ0n) is 14.2. The molecule has 0 radical (unpaired) electrons. The van der Waals surface area contributed by atoms with E-state index >= 15 is 0 Å². The van der Waals surface area contributed by atoms with Crippen LogP contribution < -0.4 is 5.32 Å². The lowest BCUT2D eigenvalue weighted by atomic mass is 10.0. The van der Waals surface area contributed by atoms with E-state index in [9.17, 15) is 23.1 Å². The van der Waals surface area contributed by atoms with Crippen LogP contribution in [0.3, 0.4) is 0 Å². The van der Waals surface area contributed by atoms with Gasteiger partial charge in [-0.1, -0.05) is 5.16 Å². The van der Waals surface area contributed by atoms with Crippen molar-refractivity contribution in [2.45, 2.75) is 19.6 Å². The number of hydrogen-bond acceptors (Lipinski definition) is 4. The summed E-state index contributed by atoms with van der Waals surface area (Å²) in [5, 5.41) is 16.3. The van der Waals surface area contributed by atoms with Gasteiger partial charge in [-0.05, 0) is 48.9 Å². The monoisotopic (exact) mass is 376 g/mol. The number of carbonyl (C=O) groups excluding carboxylic acids is 1. The Kier molecular flexibility index (Phi) is 5.27. The van der Waals surface area contributed by atoms with Gasteiger partial charge in [-0.25, -0.2) is 13.2 Å². The summed E-state index contributed by atoms with van der Waals surface area (Å²) in [4.78, 5) is 12.4. The maximum Gasteiger partial charge on any atom is 0.290 e. The Morgan fingerprint density at radius 2 is 1.74 bits per heavy atom. The number of aliphatic hydroxyl groups excluding tert-OH is 1. The van der Waals surface area contributed by atoms with Crippen LogP contribution in [0.2, 0.25) is 0 Å². The van der Waals surface area contributed by atoms with Crippen molar-refractivity contribution in [2.24, 2.45) is 0 Å². The summed E-state index contributed by atoms with van der Waals surface area (Å²) in [5.74, 6) is -2.91. The van der Waals surface area contributed by atoms with Gasteiger partial charge >= 0.3 is 0 Å². The van der Waals surface area contributed by atoms with Crippen LogP contribution in [-0.2, 0) is 6.54 Å².